The first-order valence-electron chi connectivity index (χ1n) is 9.12. The molecule has 1 aromatic carbocycles. The highest BCUT2D eigenvalue weighted by atomic mass is 16.3. The lowest BCUT2D eigenvalue weighted by Crippen LogP contribution is -2.52. The predicted molar refractivity (Wildman–Crippen MR) is 97.5 cm³/mol. The molecule has 3 heterocycles. The van der Waals surface area contributed by atoms with Gasteiger partial charge in [0.05, 0.1) is 24.2 Å². The number of carbonyl (C=O) groups is 3. The quantitative estimate of drug-likeness (QED) is 0.733. The van der Waals surface area contributed by atoms with E-state index in [0.717, 1.165) is 5.56 Å². The zero-order valence-electron chi connectivity index (χ0n) is 15.7. The third kappa shape index (κ3) is 2.88. The fourth-order valence-corrected chi connectivity index (χ4v) is 3.56. The molecule has 1 fully saturated rings. The Morgan fingerprint density at radius 2 is 2.07 bits per heavy atom. The molecular formula is C19H21N5O4. The summed E-state index contributed by atoms with van der Waals surface area (Å²) >= 11 is 0. The van der Waals surface area contributed by atoms with E-state index in [-0.39, 0.29) is 31.4 Å². The standard InChI is InChI=1S/C19H21N5O4/c1-19(2,10-25)15-9-24(22-21-15)13-5-3-4-11-12(13)8-23(18(11)28)14-6-7-16(26)20-17(14)27/h3-5,9,14,25H,6-8,10H2,1-2H3,(H,20,26,27). The van der Waals surface area contributed by atoms with Gasteiger partial charge in [-0.05, 0) is 18.6 Å². The number of amides is 3. The van der Waals surface area contributed by atoms with Crippen molar-refractivity contribution in [3.63, 3.8) is 0 Å². The van der Waals surface area contributed by atoms with E-state index in [2.05, 4.69) is 15.6 Å². The van der Waals surface area contributed by atoms with Crippen molar-refractivity contribution in [2.45, 2.75) is 44.7 Å². The van der Waals surface area contributed by atoms with Crippen LogP contribution in [0.1, 0.15) is 48.3 Å². The number of nitrogens with one attached hydrogen (secondary N) is 1. The van der Waals surface area contributed by atoms with Gasteiger partial charge in [-0.2, -0.15) is 0 Å². The molecule has 2 aliphatic rings. The first-order chi connectivity index (χ1) is 13.3. The number of carbonyl (C=O) groups excluding carboxylic acids is 3. The highest BCUT2D eigenvalue weighted by molar-refractivity contribution is 6.05. The average Bonchev–Trinajstić information content (AvgIpc) is 3.28. The van der Waals surface area contributed by atoms with Crippen LogP contribution >= 0.6 is 0 Å². The Balaban J connectivity index is 1.67. The Kier molecular flexibility index (Phi) is 4.26. The van der Waals surface area contributed by atoms with Gasteiger partial charge in [0, 0.05) is 29.5 Å². The Morgan fingerprint density at radius 3 is 2.79 bits per heavy atom. The van der Waals surface area contributed by atoms with E-state index in [1.807, 2.05) is 19.9 Å². The highest BCUT2D eigenvalue weighted by Crippen LogP contribution is 2.31. The number of nitrogens with zero attached hydrogens (tertiary/aromatic N) is 4. The maximum Gasteiger partial charge on any atom is 0.255 e. The minimum Gasteiger partial charge on any atom is -0.395 e. The molecule has 28 heavy (non-hydrogen) atoms. The molecule has 1 saturated heterocycles. The molecular weight excluding hydrogens is 362 g/mol. The molecule has 9 nitrogen and oxygen atoms in total. The molecule has 3 amide bonds. The Hall–Kier alpha value is -3.07. The molecule has 0 aliphatic carbocycles. The third-order valence-electron chi connectivity index (χ3n) is 5.39. The van der Waals surface area contributed by atoms with Crippen LogP contribution in [-0.4, -0.2) is 55.4 Å². The number of imide groups is 1. The SMILES string of the molecule is CC(C)(CO)c1cn(-c2cccc3c2CN(C2CCC(=O)NC2=O)C3=O)nn1. The Labute approximate surface area is 161 Å². The lowest BCUT2D eigenvalue weighted by molar-refractivity contribution is -0.136. The van der Waals surface area contributed by atoms with Gasteiger partial charge in [0.1, 0.15) is 6.04 Å². The molecule has 9 heteroatoms. The van der Waals surface area contributed by atoms with E-state index in [0.29, 0.717) is 23.4 Å². The fourth-order valence-electron chi connectivity index (χ4n) is 3.56. The van der Waals surface area contributed by atoms with Crippen LogP contribution in [-0.2, 0) is 21.5 Å². The van der Waals surface area contributed by atoms with E-state index < -0.39 is 17.4 Å². The second kappa shape index (κ2) is 6.52. The monoisotopic (exact) mass is 383 g/mol. The third-order valence-corrected chi connectivity index (χ3v) is 5.39. The minimum atomic E-state index is -0.662. The van der Waals surface area contributed by atoms with Crippen molar-refractivity contribution >= 4 is 17.7 Å². The average molecular weight is 383 g/mol. The van der Waals surface area contributed by atoms with Gasteiger partial charge in [-0.15, -0.1) is 5.10 Å². The molecule has 2 aliphatic heterocycles. The Morgan fingerprint density at radius 1 is 1.29 bits per heavy atom. The van der Waals surface area contributed by atoms with Gasteiger partial charge in [0.25, 0.3) is 5.91 Å². The van der Waals surface area contributed by atoms with Gasteiger partial charge in [0.2, 0.25) is 11.8 Å². The summed E-state index contributed by atoms with van der Waals surface area (Å²) in [5.41, 5.74) is 2.08. The van der Waals surface area contributed by atoms with Crippen molar-refractivity contribution < 1.29 is 19.5 Å². The molecule has 1 atom stereocenters. The van der Waals surface area contributed by atoms with Gasteiger partial charge < -0.3 is 10.0 Å². The number of rotatable bonds is 4. The van der Waals surface area contributed by atoms with Crippen molar-refractivity contribution in [2.24, 2.45) is 0 Å². The summed E-state index contributed by atoms with van der Waals surface area (Å²) in [7, 11) is 0. The Bertz CT molecular complexity index is 980. The summed E-state index contributed by atoms with van der Waals surface area (Å²) in [5.74, 6) is -0.984. The maximum atomic E-state index is 12.9. The molecule has 1 aromatic heterocycles. The van der Waals surface area contributed by atoms with Crippen LogP contribution in [0.25, 0.3) is 5.69 Å². The highest BCUT2D eigenvalue weighted by Gasteiger charge is 2.40. The minimum absolute atomic E-state index is 0.0691. The molecule has 0 radical (unpaired) electrons. The summed E-state index contributed by atoms with van der Waals surface area (Å²) in [6.45, 7) is 3.92. The lowest BCUT2D eigenvalue weighted by Gasteiger charge is -2.29. The fraction of sp³-hybridized carbons (Fsp3) is 0.421. The van der Waals surface area contributed by atoms with Crippen LogP contribution < -0.4 is 5.32 Å². The van der Waals surface area contributed by atoms with Crippen LogP contribution in [0.15, 0.2) is 24.4 Å². The zero-order chi connectivity index (χ0) is 20.1. The van der Waals surface area contributed by atoms with Crippen molar-refractivity contribution in [1.29, 1.82) is 0 Å². The van der Waals surface area contributed by atoms with Crippen LogP contribution in [0.2, 0.25) is 0 Å². The van der Waals surface area contributed by atoms with E-state index in [4.69, 9.17) is 0 Å². The van der Waals surface area contributed by atoms with Crippen LogP contribution in [0.3, 0.4) is 0 Å². The largest absolute Gasteiger partial charge is 0.395 e. The van der Waals surface area contributed by atoms with Crippen molar-refractivity contribution in [3.05, 3.63) is 41.2 Å². The van der Waals surface area contributed by atoms with Gasteiger partial charge in [-0.1, -0.05) is 25.1 Å². The molecule has 0 bridgehead atoms. The van der Waals surface area contributed by atoms with Crippen LogP contribution in [0.4, 0.5) is 0 Å². The first-order valence-corrected chi connectivity index (χ1v) is 9.12. The second-order valence-corrected chi connectivity index (χ2v) is 7.79. The summed E-state index contributed by atoms with van der Waals surface area (Å²) < 4.78 is 1.59. The van der Waals surface area contributed by atoms with Crippen LogP contribution in [0, 0.1) is 0 Å². The van der Waals surface area contributed by atoms with Crippen molar-refractivity contribution in [2.75, 3.05) is 6.61 Å². The van der Waals surface area contributed by atoms with Gasteiger partial charge in [-0.3, -0.25) is 19.7 Å². The molecule has 2 aromatic rings. The summed E-state index contributed by atoms with van der Waals surface area (Å²) in [4.78, 5) is 38.0. The molecule has 4 rings (SSSR count). The molecule has 1 unspecified atom stereocenters. The number of piperidine rings is 1. The van der Waals surface area contributed by atoms with Crippen LogP contribution in [0.5, 0.6) is 0 Å². The second-order valence-electron chi connectivity index (χ2n) is 7.79. The van der Waals surface area contributed by atoms with E-state index in [1.54, 1.807) is 23.0 Å². The van der Waals surface area contributed by atoms with Crippen molar-refractivity contribution in [3.8, 4) is 5.69 Å². The topological polar surface area (TPSA) is 117 Å². The van der Waals surface area contributed by atoms with Gasteiger partial charge in [-0.25, -0.2) is 4.68 Å². The number of fused-ring (bicyclic) bond motifs is 1. The number of hydrogen-bond donors (Lipinski definition) is 2. The molecule has 0 spiro atoms. The van der Waals surface area contributed by atoms with Gasteiger partial charge in [0.15, 0.2) is 0 Å². The number of aliphatic hydroxyl groups excluding tert-OH is 1. The van der Waals surface area contributed by atoms with E-state index >= 15 is 0 Å². The molecule has 146 valence electrons. The van der Waals surface area contributed by atoms with Crippen molar-refractivity contribution in [1.82, 2.24) is 25.2 Å². The van der Waals surface area contributed by atoms with E-state index in [9.17, 15) is 19.5 Å². The summed E-state index contributed by atoms with van der Waals surface area (Å²) in [6.07, 6.45) is 2.27. The number of benzene rings is 1. The summed E-state index contributed by atoms with van der Waals surface area (Å²) in [5, 5.41) is 20.2. The summed E-state index contributed by atoms with van der Waals surface area (Å²) in [6, 6.07) is 4.66. The van der Waals surface area contributed by atoms with Gasteiger partial charge >= 0.3 is 0 Å². The zero-order valence-corrected chi connectivity index (χ0v) is 15.7. The van der Waals surface area contributed by atoms with E-state index in [1.165, 1.54) is 4.90 Å². The number of aliphatic hydroxyl groups is 1. The smallest absolute Gasteiger partial charge is 0.255 e. The lowest BCUT2D eigenvalue weighted by atomic mass is 9.91. The first kappa shape index (κ1) is 18.3. The number of hydrogen-bond acceptors (Lipinski definition) is 6. The normalized spacial score (nSPS) is 19.8. The maximum absolute atomic E-state index is 12.9. The molecule has 2 N–H and O–H groups in total. The number of aromatic nitrogens is 3. The molecule has 0 saturated carbocycles. The predicted octanol–water partition coefficient (Wildman–Crippen LogP) is 0.298.